The lowest BCUT2D eigenvalue weighted by Crippen LogP contribution is -2.24. The molecule has 2 rings (SSSR count). The van der Waals surface area contributed by atoms with Crippen LogP contribution in [0.3, 0.4) is 0 Å². The molecule has 22 heavy (non-hydrogen) atoms. The third kappa shape index (κ3) is 4.00. The van der Waals surface area contributed by atoms with Gasteiger partial charge in [0, 0.05) is 18.8 Å². The van der Waals surface area contributed by atoms with Crippen molar-refractivity contribution in [1.29, 1.82) is 0 Å². The van der Waals surface area contributed by atoms with E-state index in [0.717, 1.165) is 6.26 Å². The molecule has 0 bridgehead atoms. The van der Waals surface area contributed by atoms with E-state index in [0.29, 0.717) is 27.0 Å². The lowest BCUT2D eigenvalue weighted by Gasteiger charge is -2.16. The number of aliphatic imine (C=N–C) groups is 1. The summed E-state index contributed by atoms with van der Waals surface area (Å²) >= 11 is 12.1. The molecule has 0 atom stereocenters. The molecule has 4 nitrogen and oxygen atoms in total. The summed E-state index contributed by atoms with van der Waals surface area (Å²) < 4.78 is 24.3. The molecule has 2 aromatic carbocycles. The predicted molar refractivity (Wildman–Crippen MR) is 93.4 cm³/mol. The van der Waals surface area contributed by atoms with Crippen LogP contribution in [0.1, 0.15) is 5.56 Å². The smallest absolute Gasteiger partial charge is 0.231 e. The van der Waals surface area contributed by atoms with Gasteiger partial charge >= 0.3 is 0 Å². The molecule has 0 N–H and O–H groups in total. The Bertz CT molecular complexity index is 800. The van der Waals surface area contributed by atoms with Gasteiger partial charge < -0.3 is 0 Å². The topological polar surface area (TPSA) is 49.7 Å². The first-order valence-corrected chi connectivity index (χ1v) is 8.91. The molecular weight excluding hydrogens is 343 g/mol. The van der Waals surface area contributed by atoms with E-state index in [1.807, 2.05) is 0 Å². The summed E-state index contributed by atoms with van der Waals surface area (Å²) in [7, 11) is -1.82. The molecule has 0 spiro atoms. The molecule has 0 unspecified atom stereocenters. The maximum Gasteiger partial charge on any atom is 0.231 e. The summed E-state index contributed by atoms with van der Waals surface area (Å²) in [6.07, 6.45) is 2.71. The van der Waals surface area contributed by atoms with Crippen LogP contribution in [-0.4, -0.2) is 27.9 Å². The Morgan fingerprint density at radius 2 is 1.68 bits per heavy atom. The van der Waals surface area contributed by atoms with Crippen molar-refractivity contribution in [3.05, 3.63) is 58.1 Å². The van der Waals surface area contributed by atoms with Crippen molar-refractivity contribution in [2.24, 2.45) is 4.99 Å². The molecule has 0 amide bonds. The van der Waals surface area contributed by atoms with Gasteiger partial charge in [0.25, 0.3) is 0 Å². The lowest BCUT2D eigenvalue weighted by atomic mass is 10.2. The highest BCUT2D eigenvalue weighted by Gasteiger charge is 2.11. The van der Waals surface area contributed by atoms with Gasteiger partial charge in [-0.3, -0.25) is 9.30 Å². The van der Waals surface area contributed by atoms with Crippen molar-refractivity contribution < 1.29 is 8.42 Å². The van der Waals surface area contributed by atoms with E-state index in [1.165, 1.54) is 11.4 Å². The average Bonchev–Trinajstić information content (AvgIpc) is 2.45. The van der Waals surface area contributed by atoms with Gasteiger partial charge in [-0.2, -0.15) is 0 Å². The van der Waals surface area contributed by atoms with E-state index in [-0.39, 0.29) is 0 Å². The van der Waals surface area contributed by atoms with Crippen molar-refractivity contribution in [2.45, 2.75) is 0 Å². The molecule has 0 aromatic heterocycles. The van der Waals surface area contributed by atoms with Crippen molar-refractivity contribution in [3.8, 4) is 0 Å². The third-order valence-corrected chi connectivity index (χ3v) is 4.90. The number of hydrogen-bond acceptors (Lipinski definition) is 3. The number of sulfonamides is 1. The normalized spacial score (nSPS) is 11.8. The Morgan fingerprint density at radius 3 is 2.27 bits per heavy atom. The largest absolute Gasteiger partial charge is 0.273 e. The summed E-state index contributed by atoms with van der Waals surface area (Å²) in [5, 5.41) is 1.00. The monoisotopic (exact) mass is 356 g/mol. The van der Waals surface area contributed by atoms with E-state index in [2.05, 4.69) is 4.99 Å². The standard InChI is InChI=1S/C15H14Cl2N2O2S/c1-19(22(2,20)21)12-6-3-5-11(9-12)18-10-13-14(16)7-4-8-15(13)17/h3-10H,1-2H3. The minimum Gasteiger partial charge on any atom is -0.273 e. The summed E-state index contributed by atoms with van der Waals surface area (Å²) in [5.74, 6) is 0. The molecule has 0 saturated heterocycles. The Labute approximate surface area is 140 Å². The first-order chi connectivity index (χ1) is 10.3. The quantitative estimate of drug-likeness (QED) is 0.772. The van der Waals surface area contributed by atoms with E-state index in [1.54, 1.807) is 48.7 Å². The molecule has 0 saturated carbocycles. The summed E-state index contributed by atoms with van der Waals surface area (Å²) in [5.41, 5.74) is 1.75. The fourth-order valence-corrected chi connectivity index (χ4v) is 2.73. The summed E-state index contributed by atoms with van der Waals surface area (Å²) in [4.78, 5) is 4.31. The van der Waals surface area contributed by atoms with Gasteiger partial charge in [-0.05, 0) is 30.3 Å². The Kier molecular flexibility index (Phi) is 5.11. The number of halogens is 2. The minimum atomic E-state index is -3.31. The van der Waals surface area contributed by atoms with Gasteiger partial charge in [-0.15, -0.1) is 0 Å². The highest BCUT2D eigenvalue weighted by atomic mass is 35.5. The van der Waals surface area contributed by atoms with Crippen LogP contribution in [0.2, 0.25) is 10.0 Å². The molecule has 116 valence electrons. The van der Waals surface area contributed by atoms with Crippen LogP contribution in [0.5, 0.6) is 0 Å². The summed E-state index contributed by atoms with van der Waals surface area (Å²) in [6, 6.07) is 12.1. The van der Waals surface area contributed by atoms with Gasteiger partial charge in [0.05, 0.1) is 27.7 Å². The number of anilines is 1. The van der Waals surface area contributed by atoms with Crippen LogP contribution in [0.15, 0.2) is 47.5 Å². The van der Waals surface area contributed by atoms with E-state index >= 15 is 0 Å². The SMILES string of the molecule is CN(c1cccc(N=Cc2c(Cl)cccc2Cl)c1)S(C)(=O)=O. The van der Waals surface area contributed by atoms with E-state index in [4.69, 9.17) is 23.2 Å². The molecule has 0 aliphatic carbocycles. The van der Waals surface area contributed by atoms with Crippen molar-refractivity contribution in [1.82, 2.24) is 0 Å². The molecular formula is C15H14Cl2N2O2S. The van der Waals surface area contributed by atoms with Crippen LogP contribution >= 0.6 is 23.2 Å². The number of benzene rings is 2. The Morgan fingerprint density at radius 1 is 1.09 bits per heavy atom. The minimum absolute atomic E-state index is 0.501. The van der Waals surface area contributed by atoms with Crippen LogP contribution < -0.4 is 4.31 Å². The number of nitrogens with zero attached hydrogens (tertiary/aromatic N) is 2. The molecule has 2 aromatic rings. The lowest BCUT2D eigenvalue weighted by molar-refractivity contribution is 0.600. The van der Waals surface area contributed by atoms with E-state index in [9.17, 15) is 8.42 Å². The molecule has 0 heterocycles. The molecule has 0 aliphatic heterocycles. The van der Waals surface area contributed by atoms with Gasteiger partial charge in [-0.1, -0.05) is 35.3 Å². The fraction of sp³-hybridized carbons (Fsp3) is 0.133. The maximum absolute atomic E-state index is 11.6. The molecule has 7 heteroatoms. The molecule has 0 radical (unpaired) electrons. The van der Waals surface area contributed by atoms with Gasteiger partial charge in [0.1, 0.15) is 0 Å². The average molecular weight is 357 g/mol. The highest BCUT2D eigenvalue weighted by molar-refractivity contribution is 7.92. The van der Waals surface area contributed by atoms with Gasteiger partial charge in [0.15, 0.2) is 0 Å². The second-order valence-electron chi connectivity index (χ2n) is 4.64. The Balaban J connectivity index is 2.33. The Hall–Kier alpha value is -1.56. The maximum atomic E-state index is 11.6. The van der Waals surface area contributed by atoms with Crippen LogP contribution in [0.25, 0.3) is 0 Å². The third-order valence-electron chi connectivity index (χ3n) is 3.03. The van der Waals surface area contributed by atoms with Gasteiger partial charge in [-0.25, -0.2) is 8.42 Å². The van der Waals surface area contributed by atoms with Crippen molar-refractivity contribution >= 4 is 50.8 Å². The van der Waals surface area contributed by atoms with Crippen molar-refractivity contribution in [3.63, 3.8) is 0 Å². The first-order valence-electron chi connectivity index (χ1n) is 6.31. The zero-order chi connectivity index (χ0) is 16.3. The second kappa shape index (κ2) is 6.69. The van der Waals surface area contributed by atoms with Crippen molar-refractivity contribution in [2.75, 3.05) is 17.6 Å². The molecule has 0 fully saturated rings. The highest BCUT2D eigenvalue weighted by Crippen LogP contribution is 2.25. The van der Waals surface area contributed by atoms with Crippen LogP contribution in [0.4, 0.5) is 11.4 Å². The first kappa shape index (κ1) is 16.8. The second-order valence-corrected chi connectivity index (χ2v) is 7.47. The van der Waals surface area contributed by atoms with Crippen LogP contribution in [-0.2, 0) is 10.0 Å². The fourth-order valence-electron chi connectivity index (χ4n) is 1.73. The summed E-state index contributed by atoms with van der Waals surface area (Å²) in [6.45, 7) is 0. The number of rotatable bonds is 4. The molecule has 0 aliphatic rings. The van der Waals surface area contributed by atoms with Gasteiger partial charge in [0.2, 0.25) is 10.0 Å². The number of hydrogen-bond donors (Lipinski definition) is 0. The van der Waals surface area contributed by atoms with E-state index < -0.39 is 10.0 Å². The predicted octanol–water partition coefficient (Wildman–Crippen LogP) is 4.14. The zero-order valence-electron chi connectivity index (χ0n) is 12.0. The van der Waals surface area contributed by atoms with Crippen LogP contribution in [0, 0.1) is 0 Å². The zero-order valence-corrected chi connectivity index (χ0v) is 14.3.